The molecule has 3 rings (SSSR count). The number of carbonyl (C=O) groups excluding carboxylic acids is 1. The maximum atomic E-state index is 12.0. The second-order valence-corrected chi connectivity index (χ2v) is 6.94. The molecule has 0 aliphatic carbocycles. The minimum Gasteiger partial charge on any atom is -0.356 e. The predicted octanol–water partition coefficient (Wildman–Crippen LogP) is 2.65. The normalized spacial score (nSPS) is 16.8. The van der Waals surface area contributed by atoms with E-state index in [1.54, 1.807) is 0 Å². The number of fused-ring (bicyclic) bond motifs is 1. The van der Waals surface area contributed by atoms with Crippen LogP contribution in [0.4, 0.5) is 0 Å². The first-order chi connectivity index (χ1) is 11.3. The second-order valence-electron chi connectivity index (χ2n) is 5.79. The van der Waals surface area contributed by atoms with Crippen molar-refractivity contribution in [3.05, 3.63) is 30.1 Å². The van der Waals surface area contributed by atoms with Crippen LogP contribution < -0.4 is 10.6 Å². The number of para-hydroxylation sites is 2. The summed E-state index contributed by atoms with van der Waals surface area (Å²) in [5.41, 5.74) is 2.19. The van der Waals surface area contributed by atoms with Crippen LogP contribution in [0.3, 0.4) is 0 Å². The zero-order valence-electron chi connectivity index (χ0n) is 14.4. The predicted molar refractivity (Wildman–Crippen MR) is 110 cm³/mol. The molecule has 1 atom stereocenters. The number of aryl methyl sites for hydroxylation is 1. The molecule has 8 heteroatoms. The fourth-order valence-electron chi connectivity index (χ4n) is 3.03. The Labute approximate surface area is 165 Å². The Bertz CT molecular complexity index is 674. The van der Waals surface area contributed by atoms with Crippen molar-refractivity contribution in [2.24, 2.45) is 0 Å². The molecule has 1 amide bonds. The van der Waals surface area contributed by atoms with Crippen LogP contribution in [0.2, 0.25) is 0 Å². The lowest BCUT2D eigenvalue weighted by Gasteiger charge is -2.22. The number of carbonyl (C=O) groups is 1. The molecule has 2 aromatic rings. The van der Waals surface area contributed by atoms with Gasteiger partial charge >= 0.3 is 0 Å². The minimum absolute atomic E-state index is 0. The number of nitrogens with one attached hydrogen (secondary N) is 2. The lowest BCUT2D eigenvalue weighted by atomic mass is 10.2. The zero-order valence-corrected chi connectivity index (χ0v) is 16.8. The first-order valence-corrected chi connectivity index (χ1v) is 9.45. The molecule has 1 aromatic carbocycles. The Kier molecular flexibility index (Phi) is 9.64. The molecule has 1 aliphatic rings. The number of rotatable bonds is 6. The van der Waals surface area contributed by atoms with Crippen molar-refractivity contribution in [2.75, 3.05) is 24.6 Å². The van der Waals surface area contributed by atoms with Gasteiger partial charge in [-0.05, 0) is 19.1 Å². The summed E-state index contributed by atoms with van der Waals surface area (Å²) in [5, 5.41) is 6.43. The Hall–Kier alpha value is -0.950. The Morgan fingerprint density at radius 3 is 2.92 bits per heavy atom. The van der Waals surface area contributed by atoms with Gasteiger partial charge in [0.2, 0.25) is 5.91 Å². The molecule has 2 N–H and O–H groups in total. The fourth-order valence-corrected chi connectivity index (χ4v) is 3.98. The van der Waals surface area contributed by atoms with Gasteiger partial charge in [-0.25, -0.2) is 4.98 Å². The monoisotopic (exact) mass is 404 g/mol. The van der Waals surface area contributed by atoms with Crippen LogP contribution in [0, 0.1) is 0 Å². The number of hydrogen-bond acceptors (Lipinski definition) is 4. The van der Waals surface area contributed by atoms with Gasteiger partial charge in [0.1, 0.15) is 5.82 Å². The lowest BCUT2D eigenvalue weighted by molar-refractivity contribution is -0.121. The molecular formula is C17H26Cl2N4OS. The van der Waals surface area contributed by atoms with Gasteiger partial charge in [0.05, 0.1) is 11.0 Å². The molecule has 0 spiro atoms. The summed E-state index contributed by atoms with van der Waals surface area (Å²) in [6.07, 6.45) is 1.33. The molecule has 0 radical (unpaired) electrons. The number of imidazole rings is 1. The minimum atomic E-state index is 0. The number of amides is 1. The molecule has 1 unspecified atom stereocenters. The molecule has 0 saturated carbocycles. The zero-order chi connectivity index (χ0) is 16.1. The number of benzene rings is 1. The first kappa shape index (κ1) is 22.1. The van der Waals surface area contributed by atoms with Crippen molar-refractivity contribution in [3.8, 4) is 0 Å². The van der Waals surface area contributed by atoms with E-state index in [0.717, 1.165) is 42.4 Å². The van der Waals surface area contributed by atoms with Gasteiger partial charge in [-0.15, -0.1) is 24.8 Å². The van der Waals surface area contributed by atoms with Crippen LogP contribution >= 0.6 is 36.6 Å². The van der Waals surface area contributed by atoms with Crippen molar-refractivity contribution in [3.63, 3.8) is 0 Å². The van der Waals surface area contributed by atoms with Crippen molar-refractivity contribution in [1.82, 2.24) is 20.2 Å². The molecule has 25 heavy (non-hydrogen) atoms. The van der Waals surface area contributed by atoms with Gasteiger partial charge in [0.25, 0.3) is 0 Å². The average Bonchev–Trinajstić information content (AvgIpc) is 2.93. The Balaban J connectivity index is 0.00000156. The third-order valence-electron chi connectivity index (χ3n) is 4.15. The molecule has 1 aromatic heterocycles. The van der Waals surface area contributed by atoms with Gasteiger partial charge < -0.3 is 15.2 Å². The van der Waals surface area contributed by atoms with E-state index < -0.39 is 0 Å². The highest BCUT2D eigenvalue weighted by atomic mass is 35.5. The molecule has 1 saturated heterocycles. The first-order valence-electron chi connectivity index (χ1n) is 8.30. The van der Waals surface area contributed by atoms with E-state index in [1.165, 1.54) is 5.52 Å². The number of halogens is 2. The number of aromatic nitrogens is 2. The Morgan fingerprint density at radius 1 is 1.40 bits per heavy atom. The summed E-state index contributed by atoms with van der Waals surface area (Å²) in [6.45, 7) is 4.67. The molecule has 1 aliphatic heterocycles. The van der Waals surface area contributed by atoms with Crippen molar-refractivity contribution in [1.29, 1.82) is 0 Å². The largest absolute Gasteiger partial charge is 0.356 e. The van der Waals surface area contributed by atoms with Crippen LogP contribution in [0.15, 0.2) is 24.3 Å². The SMILES string of the molecule is CCn1c(CCNC(=O)CC2CSCCN2)nc2ccccc21.Cl.Cl. The highest BCUT2D eigenvalue weighted by molar-refractivity contribution is 7.99. The maximum absolute atomic E-state index is 12.0. The quantitative estimate of drug-likeness (QED) is 0.776. The lowest BCUT2D eigenvalue weighted by Crippen LogP contribution is -2.41. The van der Waals surface area contributed by atoms with Crippen molar-refractivity contribution >= 4 is 53.5 Å². The maximum Gasteiger partial charge on any atom is 0.221 e. The van der Waals surface area contributed by atoms with Gasteiger partial charge in [0.15, 0.2) is 0 Å². The summed E-state index contributed by atoms with van der Waals surface area (Å²) >= 11 is 1.92. The Morgan fingerprint density at radius 2 is 2.20 bits per heavy atom. The summed E-state index contributed by atoms with van der Waals surface area (Å²) < 4.78 is 2.22. The van der Waals surface area contributed by atoms with E-state index in [2.05, 4.69) is 28.2 Å². The number of thioether (sulfide) groups is 1. The highest BCUT2D eigenvalue weighted by Gasteiger charge is 2.16. The van der Waals surface area contributed by atoms with E-state index in [1.807, 2.05) is 30.0 Å². The standard InChI is InChI=1S/C17H24N4OS.2ClH/c1-2-21-15-6-4-3-5-14(15)20-16(21)7-8-19-17(22)11-13-12-23-10-9-18-13;;/h3-6,13,18H,2,7-12H2,1H3,(H,19,22);2*1H. The molecular weight excluding hydrogens is 379 g/mol. The van der Waals surface area contributed by atoms with E-state index in [9.17, 15) is 4.79 Å². The van der Waals surface area contributed by atoms with Gasteiger partial charge in [-0.1, -0.05) is 12.1 Å². The van der Waals surface area contributed by atoms with Gasteiger partial charge in [-0.3, -0.25) is 4.79 Å². The van der Waals surface area contributed by atoms with Crippen LogP contribution in [0.1, 0.15) is 19.2 Å². The number of hydrogen-bond donors (Lipinski definition) is 2. The van der Waals surface area contributed by atoms with Crippen molar-refractivity contribution in [2.45, 2.75) is 32.4 Å². The topological polar surface area (TPSA) is 59.0 Å². The highest BCUT2D eigenvalue weighted by Crippen LogP contribution is 2.16. The number of nitrogens with zero attached hydrogens (tertiary/aromatic N) is 2. The van der Waals surface area contributed by atoms with E-state index in [-0.39, 0.29) is 30.7 Å². The third kappa shape index (κ3) is 5.78. The average molecular weight is 405 g/mol. The smallest absolute Gasteiger partial charge is 0.221 e. The van der Waals surface area contributed by atoms with Crippen LogP contribution in [0.25, 0.3) is 11.0 Å². The fraction of sp³-hybridized carbons (Fsp3) is 0.529. The van der Waals surface area contributed by atoms with Crippen LogP contribution in [-0.4, -0.2) is 46.1 Å². The molecule has 0 bridgehead atoms. The van der Waals surface area contributed by atoms with Crippen molar-refractivity contribution < 1.29 is 4.79 Å². The third-order valence-corrected chi connectivity index (χ3v) is 5.28. The molecule has 5 nitrogen and oxygen atoms in total. The molecule has 2 heterocycles. The van der Waals surface area contributed by atoms with E-state index in [4.69, 9.17) is 4.98 Å². The van der Waals surface area contributed by atoms with Crippen LogP contribution in [0.5, 0.6) is 0 Å². The molecule has 140 valence electrons. The van der Waals surface area contributed by atoms with Gasteiger partial charge in [0, 0.05) is 50.0 Å². The van der Waals surface area contributed by atoms with E-state index in [0.29, 0.717) is 19.0 Å². The summed E-state index contributed by atoms with van der Waals surface area (Å²) in [7, 11) is 0. The summed E-state index contributed by atoms with van der Waals surface area (Å²) in [6, 6.07) is 8.50. The summed E-state index contributed by atoms with van der Waals surface area (Å²) in [5.74, 6) is 3.34. The van der Waals surface area contributed by atoms with Crippen LogP contribution in [-0.2, 0) is 17.8 Å². The second kappa shape index (κ2) is 10.9. The molecule has 1 fully saturated rings. The van der Waals surface area contributed by atoms with E-state index >= 15 is 0 Å². The summed E-state index contributed by atoms with van der Waals surface area (Å²) in [4.78, 5) is 16.7. The van der Waals surface area contributed by atoms with Gasteiger partial charge in [-0.2, -0.15) is 11.8 Å².